The number of benzene rings is 1. The summed E-state index contributed by atoms with van der Waals surface area (Å²) in [4.78, 5) is 22.0. The smallest absolute Gasteiger partial charge is 0.420 e. The molecule has 0 spiro atoms. The number of anilines is 1. The number of piperazine rings is 1. The Morgan fingerprint density at radius 2 is 1.87 bits per heavy atom. The van der Waals surface area contributed by atoms with Crippen molar-refractivity contribution in [3.63, 3.8) is 0 Å². The second-order valence-corrected chi connectivity index (χ2v) is 10.1. The summed E-state index contributed by atoms with van der Waals surface area (Å²) in [5, 5.41) is 0.875. The summed E-state index contributed by atoms with van der Waals surface area (Å²) in [5.74, 6) is 0. The van der Waals surface area contributed by atoms with Crippen LogP contribution in [0.1, 0.15) is 27.7 Å². The average molecular weight is 485 g/mol. The van der Waals surface area contributed by atoms with Gasteiger partial charge in [0.2, 0.25) is 0 Å². The molecule has 0 amide bonds. The minimum absolute atomic E-state index is 0.436. The summed E-state index contributed by atoms with van der Waals surface area (Å²) < 4.78 is 7.76. The maximum atomic E-state index is 12.5. The lowest BCUT2D eigenvalue weighted by atomic mass is 10.1. The molecule has 1 atom stereocenters. The molecule has 164 valence electrons. The lowest BCUT2D eigenvalue weighted by Crippen LogP contribution is -2.50. The second-order valence-electron chi connectivity index (χ2n) is 9.27. The van der Waals surface area contributed by atoms with E-state index < -0.39 is 11.7 Å². The largest absolute Gasteiger partial charge is 0.443 e. The number of carbonyl (C=O) groups is 1. The van der Waals surface area contributed by atoms with Crippen LogP contribution >= 0.6 is 15.9 Å². The topological polar surface area (TPSA) is 50.6 Å². The van der Waals surface area contributed by atoms with Gasteiger partial charge < -0.3 is 14.5 Å². The molecule has 1 fully saturated rings. The Morgan fingerprint density at radius 1 is 1.16 bits per heavy atom. The van der Waals surface area contributed by atoms with Crippen molar-refractivity contribution in [2.75, 3.05) is 31.6 Å². The fourth-order valence-electron chi connectivity index (χ4n) is 4.05. The molecule has 1 aliphatic rings. The minimum atomic E-state index is -0.566. The summed E-state index contributed by atoms with van der Waals surface area (Å²) in [7, 11) is 2.17. The van der Waals surface area contributed by atoms with Gasteiger partial charge in [0.25, 0.3) is 0 Å². The third kappa shape index (κ3) is 4.62. The fraction of sp³-hybridized carbons (Fsp3) is 0.417. The molecule has 1 saturated heterocycles. The molecule has 0 bridgehead atoms. The SMILES string of the molecule is CC1CN(C)CCN1c1ccc(-c2cnc3c(c2)c(Br)cn3C(=O)OC(C)(C)C)cc1. The maximum Gasteiger partial charge on any atom is 0.420 e. The van der Waals surface area contributed by atoms with Gasteiger partial charge in [-0.2, -0.15) is 0 Å². The highest BCUT2D eigenvalue weighted by atomic mass is 79.9. The van der Waals surface area contributed by atoms with Crippen LogP contribution in [-0.4, -0.2) is 58.9 Å². The Bertz CT molecular complexity index is 1100. The normalized spacial score (nSPS) is 17.9. The Morgan fingerprint density at radius 3 is 2.52 bits per heavy atom. The van der Waals surface area contributed by atoms with Crippen molar-refractivity contribution in [3.05, 3.63) is 47.2 Å². The number of hydrogen-bond acceptors (Lipinski definition) is 5. The molecule has 2 aromatic heterocycles. The molecule has 0 N–H and O–H groups in total. The molecular formula is C24H29BrN4O2. The first-order valence-electron chi connectivity index (χ1n) is 10.6. The lowest BCUT2D eigenvalue weighted by molar-refractivity contribution is 0.0543. The first-order valence-corrected chi connectivity index (χ1v) is 11.4. The number of pyridine rings is 1. The predicted molar refractivity (Wildman–Crippen MR) is 129 cm³/mol. The van der Waals surface area contributed by atoms with Crippen molar-refractivity contribution in [1.82, 2.24) is 14.5 Å². The molecule has 1 aliphatic heterocycles. The Hall–Kier alpha value is -2.38. The van der Waals surface area contributed by atoms with E-state index in [4.69, 9.17) is 4.74 Å². The van der Waals surface area contributed by atoms with Gasteiger partial charge in [-0.15, -0.1) is 0 Å². The van der Waals surface area contributed by atoms with Gasteiger partial charge in [-0.3, -0.25) is 0 Å². The van der Waals surface area contributed by atoms with Gasteiger partial charge in [0.05, 0.1) is 0 Å². The number of hydrogen-bond donors (Lipinski definition) is 0. The van der Waals surface area contributed by atoms with E-state index in [2.05, 4.69) is 75.0 Å². The van der Waals surface area contributed by atoms with Crippen LogP contribution in [0.3, 0.4) is 0 Å². The highest BCUT2D eigenvalue weighted by molar-refractivity contribution is 9.10. The van der Waals surface area contributed by atoms with Gasteiger partial charge in [-0.05, 0) is 74.4 Å². The molecule has 1 unspecified atom stereocenters. The van der Waals surface area contributed by atoms with Crippen LogP contribution in [0.2, 0.25) is 0 Å². The summed E-state index contributed by atoms with van der Waals surface area (Å²) in [6.45, 7) is 11.0. The van der Waals surface area contributed by atoms with Gasteiger partial charge >= 0.3 is 6.09 Å². The van der Waals surface area contributed by atoms with E-state index in [1.807, 2.05) is 27.0 Å². The zero-order chi connectivity index (χ0) is 22.3. The van der Waals surface area contributed by atoms with Crippen LogP contribution in [0.15, 0.2) is 47.2 Å². The van der Waals surface area contributed by atoms with Crippen LogP contribution < -0.4 is 4.90 Å². The number of rotatable bonds is 2. The van der Waals surface area contributed by atoms with Crippen molar-refractivity contribution in [2.45, 2.75) is 39.3 Å². The third-order valence-corrected chi connectivity index (χ3v) is 6.18. The van der Waals surface area contributed by atoms with Gasteiger partial charge in [-0.1, -0.05) is 12.1 Å². The summed E-state index contributed by atoms with van der Waals surface area (Å²) >= 11 is 3.57. The number of fused-ring (bicyclic) bond motifs is 1. The quantitative estimate of drug-likeness (QED) is 0.487. The van der Waals surface area contributed by atoms with Crippen LogP contribution in [0.4, 0.5) is 10.5 Å². The number of nitrogens with zero attached hydrogens (tertiary/aromatic N) is 4. The van der Waals surface area contributed by atoms with E-state index >= 15 is 0 Å². The number of ether oxygens (including phenoxy) is 1. The molecule has 3 heterocycles. The molecule has 31 heavy (non-hydrogen) atoms. The van der Waals surface area contributed by atoms with Crippen LogP contribution in [0.5, 0.6) is 0 Å². The predicted octanol–water partition coefficient (Wildman–Crippen LogP) is 5.39. The van der Waals surface area contributed by atoms with Crippen LogP contribution in [-0.2, 0) is 4.74 Å². The first kappa shape index (κ1) is 21.8. The molecule has 0 radical (unpaired) electrons. The minimum Gasteiger partial charge on any atom is -0.443 e. The van der Waals surface area contributed by atoms with Gasteiger partial charge in [0, 0.05) is 59.2 Å². The summed E-state index contributed by atoms with van der Waals surface area (Å²) in [5.41, 5.74) is 3.36. The molecule has 0 aliphatic carbocycles. The first-order chi connectivity index (χ1) is 14.6. The lowest BCUT2D eigenvalue weighted by Gasteiger charge is -2.39. The highest BCUT2D eigenvalue weighted by Gasteiger charge is 2.23. The molecule has 3 aromatic rings. The van der Waals surface area contributed by atoms with E-state index in [0.717, 1.165) is 40.6 Å². The summed E-state index contributed by atoms with van der Waals surface area (Å²) in [6, 6.07) is 11.2. The third-order valence-electron chi connectivity index (χ3n) is 5.55. The standard InChI is InChI=1S/C24H29BrN4O2/c1-16-14-27(5)10-11-28(16)19-8-6-17(7-9-19)18-12-20-21(25)15-29(22(20)26-13-18)23(30)31-24(2,3)4/h6-9,12-13,15-16H,10-11,14H2,1-5H3. The van der Waals surface area contributed by atoms with Crippen LogP contribution in [0, 0.1) is 0 Å². The second kappa shape index (κ2) is 8.28. The van der Waals surface area contributed by atoms with E-state index in [1.165, 1.54) is 10.3 Å². The fourth-order valence-corrected chi connectivity index (χ4v) is 4.54. The molecule has 6 nitrogen and oxygen atoms in total. The molecular weight excluding hydrogens is 456 g/mol. The Kier molecular flexibility index (Phi) is 5.83. The Balaban J connectivity index is 1.60. The van der Waals surface area contributed by atoms with Gasteiger partial charge in [0.1, 0.15) is 5.60 Å². The van der Waals surface area contributed by atoms with E-state index in [0.29, 0.717) is 11.7 Å². The maximum absolute atomic E-state index is 12.5. The van der Waals surface area contributed by atoms with E-state index in [9.17, 15) is 4.79 Å². The van der Waals surface area contributed by atoms with Crippen molar-refractivity contribution >= 4 is 38.7 Å². The number of carbonyl (C=O) groups excluding carboxylic acids is 1. The molecule has 7 heteroatoms. The van der Waals surface area contributed by atoms with Crippen molar-refractivity contribution in [2.24, 2.45) is 0 Å². The molecule has 0 saturated carbocycles. The van der Waals surface area contributed by atoms with Gasteiger partial charge in [-0.25, -0.2) is 14.3 Å². The zero-order valence-corrected chi connectivity index (χ0v) is 20.3. The van der Waals surface area contributed by atoms with Crippen molar-refractivity contribution in [1.29, 1.82) is 0 Å². The van der Waals surface area contributed by atoms with Crippen LogP contribution in [0.25, 0.3) is 22.2 Å². The Labute approximate surface area is 191 Å². The zero-order valence-electron chi connectivity index (χ0n) is 18.7. The van der Waals surface area contributed by atoms with Crippen molar-refractivity contribution < 1.29 is 9.53 Å². The number of halogens is 1. The highest BCUT2D eigenvalue weighted by Crippen LogP contribution is 2.31. The molecule has 4 rings (SSSR count). The average Bonchev–Trinajstić information content (AvgIpc) is 3.03. The molecule has 1 aromatic carbocycles. The number of aromatic nitrogens is 2. The monoisotopic (exact) mass is 484 g/mol. The van der Waals surface area contributed by atoms with E-state index in [1.54, 1.807) is 6.20 Å². The number of likely N-dealkylation sites (N-methyl/N-ethyl adjacent to an activating group) is 1. The summed E-state index contributed by atoms with van der Waals surface area (Å²) in [6.07, 6.45) is 3.09. The van der Waals surface area contributed by atoms with Crippen molar-refractivity contribution in [3.8, 4) is 11.1 Å². The van der Waals surface area contributed by atoms with Gasteiger partial charge in [0.15, 0.2) is 5.65 Å². The van der Waals surface area contributed by atoms with E-state index in [-0.39, 0.29) is 0 Å².